The summed E-state index contributed by atoms with van der Waals surface area (Å²) in [5.41, 5.74) is 2.37. The van der Waals surface area contributed by atoms with E-state index in [9.17, 15) is 4.79 Å². The molecule has 0 spiro atoms. The lowest BCUT2D eigenvalue weighted by Crippen LogP contribution is -2.40. The van der Waals surface area contributed by atoms with Gasteiger partial charge in [-0.2, -0.15) is 5.10 Å². The molecule has 0 saturated heterocycles. The van der Waals surface area contributed by atoms with Crippen LogP contribution in [-0.2, 0) is 0 Å². The molecule has 0 unspecified atom stereocenters. The largest absolute Gasteiger partial charge is 0.337 e. The van der Waals surface area contributed by atoms with Gasteiger partial charge in [0.2, 0.25) is 0 Å². The van der Waals surface area contributed by atoms with Crippen molar-refractivity contribution in [2.75, 3.05) is 32.7 Å². The Balaban J connectivity index is 2.84. The maximum Gasteiger partial charge on any atom is 0.257 e. The van der Waals surface area contributed by atoms with E-state index in [-0.39, 0.29) is 5.91 Å². The van der Waals surface area contributed by atoms with Crippen molar-refractivity contribution >= 4 is 5.91 Å². The number of nitrogens with one attached hydrogen (secondary N) is 1. The van der Waals surface area contributed by atoms with E-state index < -0.39 is 0 Å². The average Bonchev–Trinajstić information content (AvgIpc) is 2.76. The van der Waals surface area contributed by atoms with Gasteiger partial charge in [-0.1, -0.05) is 27.7 Å². The normalized spacial score (nSPS) is 11.4. The number of nitrogens with zero attached hydrogens (tertiary/aromatic N) is 3. The topological polar surface area (TPSA) is 52.2 Å². The van der Waals surface area contributed by atoms with E-state index in [1.807, 2.05) is 18.7 Å². The van der Waals surface area contributed by atoms with Gasteiger partial charge in [-0.25, -0.2) is 0 Å². The SMILES string of the molecule is CCN(CC)CCN(CC(C)C)C(=O)c1c(C)n[nH]c1C. The van der Waals surface area contributed by atoms with Crippen LogP contribution in [0.4, 0.5) is 0 Å². The molecule has 1 aromatic rings. The number of likely N-dealkylation sites (N-methyl/N-ethyl adjacent to an activating group) is 1. The molecule has 0 aliphatic heterocycles. The number of aromatic amines is 1. The molecule has 5 nitrogen and oxygen atoms in total. The molecular weight excluding hydrogens is 264 g/mol. The monoisotopic (exact) mass is 294 g/mol. The van der Waals surface area contributed by atoms with Gasteiger partial charge in [-0.15, -0.1) is 0 Å². The molecule has 0 aromatic carbocycles. The predicted molar refractivity (Wildman–Crippen MR) is 86.6 cm³/mol. The minimum Gasteiger partial charge on any atom is -0.337 e. The van der Waals surface area contributed by atoms with Gasteiger partial charge in [-0.3, -0.25) is 9.89 Å². The first kappa shape index (κ1) is 17.7. The van der Waals surface area contributed by atoms with Crippen LogP contribution in [-0.4, -0.2) is 58.6 Å². The summed E-state index contributed by atoms with van der Waals surface area (Å²) < 4.78 is 0. The third-order valence-corrected chi connectivity index (χ3v) is 3.80. The zero-order chi connectivity index (χ0) is 16.0. The summed E-state index contributed by atoms with van der Waals surface area (Å²) >= 11 is 0. The highest BCUT2D eigenvalue weighted by molar-refractivity contribution is 5.96. The lowest BCUT2D eigenvalue weighted by Gasteiger charge is -2.28. The molecule has 0 radical (unpaired) electrons. The standard InChI is InChI=1S/C16H30N4O/c1-7-19(8-2)9-10-20(11-12(3)4)16(21)15-13(5)17-18-14(15)6/h12H,7-11H2,1-6H3,(H,17,18). The second-order valence-corrected chi connectivity index (χ2v) is 5.98. The summed E-state index contributed by atoms with van der Waals surface area (Å²) in [6.45, 7) is 16.9. The molecular formula is C16H30N4O. The van der Waals surface area contributed by atoms with Gasteiger partial charge in [0.15, 0.2) is 0 Å². The number of rotatable bonds is 8. The molecule has 0 atom stereocenters. The summed E-state index contributed by atoms with van der Waals surface area (Å²) in [5.74, 6) is 0.553. The number of hydrogen-bond donors (Lipinski definition) is 1. The van der Waals surface area contributed by atoms with E-state index in [4.69, 9.17) is 0 Å². The van der Waals surface area contributed by atoms with Crippen LogP contribution in [0.15, 0.2) is 0 Å². The molecule has 1 amide bonds. The van der Waals surface area contributed by atoms with Crippen molar-refractivity contribution in [1.82, 2.24) is 20.0 Å². The van der Waals surface area contributed by atoms with Crippen molar-refractivity contribution in [3.63, 3.8) is 0 Å². The van der Waals surface area contributed by atoms with Crippen LogP contribution in [0.2, 0.25) is 0 Å². The smallest absolute Gasteiger partial charge is 0.257 e. The fourth-order valence-electron chi connectivity index (χ4n) is 2.54. The Morgan fingerprint density at radius 3 is 2.24 bits per heavy atom. The van der Waals surface area contributed by atoms with Gasteiger partial charge in [0, 0.05) is 25.3 Å². The second-order valence-electron chi connectivity index (χ2n) is 5.98. The molecule has 21 heavy (non-hydrogen) atoms. The van der Waals surface area contributed by atoms with Crippen molar-refractivity contribution in [3.8, 4) is 0 Å². The Morgan fingerprint density at radius 2 is 1.81 bits per heavy atom. The van der Waals surface area contributed by atoms with Gasteiger partial charge in [0.25, 0.3) is 5.91 Å². The van der Waals surface area contributed by atoms with E-state index in [1.54, 1.807) is 0 Å². The van der Waals surface area contributed by atoms with Crippen molar-refractivity contribution in [2.24, 2.45) is 5.92 Å². The lowest BCUT2D eigenvalue weighted by atomic mass is 10.1. The molecule has 1 heterocycles. The Bertz CT molecular complexity index is 430. The number of aromatic nitrogens is 2. The Labute approximate surface area is 128 Å². The number of aryl methyl sites for hydroxylation is 2. The van der Waals surface area contributed by atoms with Gasteiger partial charge in [-0.05, 0) is 32.9 Å². The number of amides is 1. The van der Waals surface area contributed by atoms with Crippen LogP contribution in [0.5, 0.6) is 0 Å². The summed E-state index contributed by atoms with van der Waals surface area (Å²) in [6, 6.07) is 0. The van der Waals surface area contributed by atoms with E-state index in [2.05, 4.69) is 42.8 Å². The highest BCUT2D eigenvalue weighted by Crippen LogP contribution is 2.14. The summed E-state index contributed by atoms with van der Waals surface area (Å²) in [6.07, 6.45) is 0. The van der Waals surface area contributed by atoms with Crippen LogP contribution in [0.1, 0.15) is 49.4 Å². The molecule has 0 fully saturated rings. The van der Waals surface area contributed by atoms with Crippen LogP contribution in [0, 0.1) is 19.8 Å². The zero-order valence-corrected chi connectivity index (χ0v) is 14.4. The minimum atomic E-state index is 0.0969. The van der Waals surface area contributed by atoms with Crippen LogP contribution < -0.4 is 0 Å². The first-order valence-corrected chi connectivity index (χ1v) is 7.93. The predicted octanol–water partition coefficient (Wildman–Crippen LogP) is 2.47. The Morgan fingerprint density at radius 1 is 1.19 bits per heavy atom. The number of carbonyl (C=O) groups excluding carboxylic acids is 1. The minimum absolute atomic E-state index is 0.0969. The van der Waals surface area contributed by atoms with E-state index in [1.165, 1.54) is 0 Å². The maximum atomic E-state index is 12.8. The maximum absolute atomic E-state index is 12.8. The van der Waals surface area contributed by atoms with E-state index >= 15 is 0 Å². The molecule has 1 N–H and O–H groups in total. The van der Waals surface area contributed by atoms with Gasteiger partial charge >= 0.3 is 0 Å². The van der Waals surface area contributed by atoms with Gasteiger partial charge in [0.05, 0.1) is 11.3 Å². The molecule has 5 heteroatoms. The number of carbonyl (C=O) groups is 1. The average molecular weight is 294 g/mol. The van der Waals surface area contributed by atoms with E-state index in [0.717, 1.165) is 49.7 Å². The first-order valence-electron chi connectivity index (χ1n) is 7.93. The van der Waals surface area contributed by atoms with E-state index in [0.29, 0.717) is 5.92 Å². The first-order chi connectivity index (χ1) is 9.90. The quantitative estimate of drug-likeness (QED) is 0.801. The Hall–Kier alpha value is -1.36. The summed E-state index contributed by atoms with van der Waals surface area (Å²) in [7, 11) is 0. The summed E-state index contributed by atoms with van der Waals surface area (Å²) in [5, 5.41) is 7.05. The highest BCUT2D eigenvalue weighted by atomic mass is 16.2. The van der Waals surface area contributed by atoms with Crippen LogP contribution in [0.3, 0.4) is 0 Å². The fraction of sp³-hybridized carbons (Fsp3) is 0.750. The van der Waals surface area contributed by atoms with Crippen molar-refractivity contribution in [2.45, 2.75) is 41.5 Å². The molecule has 1 aromatic heterocycles. The number of H-pyrrole nitrogens is 1. The molecule has 120 valence electrons. The molecule has 0 aliphatic rings. The second kappa shape index (κ2) is 8.17. The lowest BCUT2D eigenvalue weighted by molar-refractivity contribution is 0.0715. The van der Waals surface area contributed by atoms with Crippen molar-refractivity contribution in [1.29, 1.82) is 0 Å². The van der Waals surface area contributed by atoms with Crippen molar-refractivity contribution < 1.29 is 4.79 Å². The molecule has 0 saturated carbocycles. The zero-order valence-electron chi connectivity index (χ0n) is 14.4. The Kier molecular flexibility index (Phi) is 6.89. The van der Waals surface area contributed by atoms with Crippen molar-refractivity contribution in [3.05, 3.63) is 17.0 Å². The third kappa shape index (κ3) is 4.84. The van der Waals surface area contributed by atoms with Crippen LogP contribution in [0.25, 0.3) is 0 Å². The molecule has 0 aliphatic carbocycles. The van der Waals surface area contributed by atoms with Gasteiger partial charge < -0.3 is 9.80 Å². The fourth-order valence-corrected chi connectivity index (χ4v) is 2.54. The summed E-state index contributed by atoms with van der Waals surface area (Å²) in [4.78, 5) is 17.1. The number of hydrogen-bond acceptors (Lipinski definition) is 3. The molecule has 0 bridgehead atoms. The highest BCUT2D eigenvalue weighted by Gasteiger charge is 2.22. The van der Waals surface area contributed by atoms with Gasteiger partial charge in [0.1, 0.15) is 0 Å². The molecule has 1 rings (SSSR count). The van der Waals surface area contributed by atoms with Crippen LogP contribution >= 0.6 is 0 Å². The third-order valence-electron chi connectivity index (χ3n) is 3.80.